The molecule has 1 atom stereocenters. The van der Waals surface area contributed by atoms with E-state index >= 15 is 4.39 Å². The van der Waals surface area contributed by atoms with E-state index in [1.807, 2.05) is 0 Å². The number of rotatable bonds is 7. The molecule has 13 heteroatoms. The van der Waals surface area contributed by atoms with Crippen LogP contribution in [-0.4, -0.2) is 68.7 Å². The van der Waals surface area contributed by atoms with Crippen molar-refractivity contribution in [3.63, 3.8) is 0 Å². The van der Waals surface area contributed by atoms with Crippen LogP contribution in [0.2, 0.25) is 0 Å². The number of halogens is 3. The molecule has 1 fully saturated rings. The molecule has 4 heterocycles. The minimum absolute atomic E-state index is 0.106. The fraction of sp³-hybridized carbons (Fsp3) is 0.286. The molecule has 41 heavy (non-hydrogen) atoms. The molecule has 0 spiro atoms. The first-order valence-electron chi connectivity index (χ1n) is 12.8. The molecule has 2 aromatic carbocycles. The number of pyridine rings is 1. The molecule has 212 valence electrons. The zero-order valence-electron chi connectivity index (χ0n) is 22.4. The number of alkyl halides is 2. The van der Waals surface area contributed by atoms with Crippen molar-refractivity contribution in [3.8, 4) is 23.0 Å². The van der Waals surface area contributed by atoms with Crippen molar-refractivity contribution in [3.05, 3.63) is 66.6 Å². The highest BCUT2D eigenvalue weighted by Gasteiger charge is 2.45. The van der Waals surface area contributed by atoms with Crippen LogP contribution in [0.3, 0.4) is 0 Å². The van der Waals surface area contributed by atoms with Gasteiger partial charge in [-0.1, -0.05) is 0 Å². The van der Waals surface area contributed by atoms with Crippen molar-refractivity contribution in [1.82, 2.24) is 29.5 Å². The monoisotopic (exact) mass is 565 g/mol. The molecule has 5 aromatic rings. The molecular formula is C28H26F3N7O3. The molecule has 0 saturated carbocycles. The number of ether oxygens (including phenoxy) is 3. The summed E-state index contributed by atoms with van der Waals surface area (Å²) in [5.41, 5.74) is 1.71. The van der Waals surface area contributed by atoms with Gasteiger partial charge >= 0.3 is 0 Å². The lowest BCUT2D eigenvalue weighted by atomic mass is 10.0. The van der Waals surface area contributed by atoms with Gasteiger partial charge in [0.05, 0.1) is 30.2 Å². The first-order chi connectivity index (χ1) is 19.7. The van der Waals surface area contributed by atoms with E-state index in [2.05, 4.69) is 25.4 Å². The van der Waals surface area contributed by atoms with Gasteiger partial charge in [-0.05, 0) is 31.7 Å². The van der Waals surface area contributed by atoms with Crippen molar-refractivity contribution >= 4 is 28.1 Å². The lowest BCUT2D eigenvalue weighted by Crippen LogP contribution is -2.52. The molecule has 0 aliphatic carbocycles. The Bertz CT molecular complexity index is 1750. The Morgan fingerprint density at radius 2 is 1.88 bits per heavy atom. The zero-order valence-corrected chi connectivity index (χ0v) is 22.4. The summed E-state index contributed by atoms with van der Waals surface area (Å²) in [6.07, 6.45) is 3.16. The Kier molecular flexibility index (Phi) is 6.73. The number of nitrogens with one attached hydrogen (secondary N) is 1. The topological polar surface area (TPSA) is 98.9 Å². The van der Waals surface area contributed by atoms with Gasteiger partial charge in [-0.15, -0.1) is 0 Å². The summed E-state index contributed by atoms with van der Waals surface area (Å²) in [6, 6.07) is 9.36. The van der Waals surface area contributed by atoms with E-state index in [0.29, 0.717) is 45.9 Å². The number of fused-ring (bicyclic) bond motifs is 2. The van der Waals surface area contributed by atoms with E-state index in [0.717, 1.165) is 0 Å². The van der Waals surface area contributed by atoms with Crippen molar-refractivity contribution < 1.29 is 27.4 Å². The maximum Gasteiger partial charge on any atom is 0.296 e. The number of aryl methyl sites for hydroxylation is 1. The van der Waals surface area contributed by atoms with E-state index in [9.17, 15) is 8.78 Å². The molecule has 1 saturated heterocycles. The minimum atomic E-state index is -3.08. The van der Waals surface area contributed by atoms with Crippen LogP contribution in [0.25, 0.3) is 16.6 Å². The minimum Gasteiger partial charge on any atom is -0.497 e. The van der Waals surface area contributed by atoms with Gasteiger partial charge in [0, 0.05) is 43.4 Å². The van der Waals surface area contributed by atoms with E-state index < -0.39 is 24.4 Å². The van der Waals surface area contributed by atoms with Crippen LogP contribution in [0.15, 0.2) is 55.2 Å². The summed E-state index contributed by atoms with van der Waals surface area (Å²) in [4.78, 5) is 14.3. The molecular weight excluding hydrogens is 539 g/mol. The SMILES string of the molecule is COc1cc(O[C@@H]2CCN(C)CC2(F)F)c2c(Nc3cc(C)c(Oc4ccn5ncnc5c4)cc3F)ncnc2c1. The molecule has 1 N–H and O–H groups in total. The molecule has 6 rings (SSSR count). The summed E-state index contributed by atoms with van der Waals surface area (Å²) < 4.78 is 63.9. The Morgan fingerprint density at radius 3 is 2.68 bits per heavy atom. The van der Waals surface area contributed by atoms with Crippen molar-refractivity contribution in [2.45, 2.75) is 25.4 Å². The summed E-state index contributed by atoms with van der Waals surface area (Å²) in [5.74, 6) is -2.24. The van der Waals surface area contributed by atoms with Crippen LogP contribution in [-0.2, 0) is 0 Å². The first kappa shape index (κ1) is 26.6. The van der Waals surface area contributed by atoms with Crippen LogP contribution in [0.4, 0.5) is 24.7 Å². The van der Waals surface area contributed by atoms with E-state index in [1.54, 1.807) is 53.8 Å². The normalized spacial score (nSPS) is 17.1. The van der Waals surface area contributed by atoms with Gasteiger partial charge in [-0.3, -0.25) is 0 Å². The molecule has 1 aliphatic rings. The second-order valence-electron chi connectivity index (χ2n) is 9.89. The number of benzene rings is 2. The maximum absolute atomic E-state index is 15.4. The molecule has 3 aromatic heterocycles. The fourth-order valence-corrected chi connectivity index (χ4v) is 4.81. The van der Waals surface area contributed by atoms with Crippen LogP contribution < -0.4 is 19.5 Å². The average molecular weight is 566 g/mol. The van der Waals surface area contributed by atoms with E-state index in [1.165, 1.54) is 31.9 Å². The van der Waals surface area contributed by atoms with Gasteiger partial charge in [0.2, 0.25) is 0 Å². The number of aromatic nitrogens is 5. The van der Waals surface area contributed by atoms with E-state index in [-0.39, 0.29) is 23.7 Å². The van der Waals surface area contributed by atoms with Crippen LogP contribution in [0, 0.1) is 12.7 Å². The molecule has 0 radical (unpaired) electrons. The quantitative estimate of drug-likeness (QED) is 0.279. The number of piperidine rings is 1. The Morgan fingerprint density at radius 1 is 1.02 bits per heavy atom. The van der Waals surface area contributed by atoms with Crippen LogP contribution in [0.5, 0.6) is 23.0 Å². The standard InChI is InChI=1S/C28H26F3N7O3/c1-16-8-20(19(29)12-22(16)40-17-4-7-38-25(11-17)33-15-35-38)36-27-26-21(32-14-34-27)9-18(39-3)10-23(26)41-24-5-6-37(2)13-28(24,30)31/h4,7-12,14-15,24H,5-6,13H2,1-3H3,(H,32,34,36)/t24-/m1/s1. The average Bonchev–Trinajstić information content (AvgIpc) is 3.40. The van der Waals surface area contributed by atoms with Gasteiger partial charge in [-0.25, -0.2) is 32.6 Å². The number of hydrogen-bond donors (Lipinski definition) is 1. The lowest BCUT2D eigenvalue weighted by molar-refractivity contribution is -0.134. The molecule has 1 aliphatic heterocycles. The second-order valence-corrected chi connectivity index (χ2v) is 9.89. The third kappa shape index (κ3) is 5.27. The van der Waals surface area contributed by atoms with Crippen LogP contribution in [0.1, 0.15) is 12.0 Å². The fourth-order valence-electron chi connectivity index (χ4n) is 4.81. The van der Waals surface area contributed by atoms with Crippen LogP contribution >= 0.6 is 0 Å². The highest BCUT2D eigenvalue weighted by Crippen LogP contribution is 2.40. The molecule has 0 bridgehead atoms. The lowest BCUT2D eigenvalue weighted by Gasteiger charge is -2.36. The molecule has 0 unspecified atom stereocenters. The van der Waals surface area contributed by atoms with Crippen molar-refractivity contribution in [2.24, 2.45) is 0 Å². The molecule has 0 amide bonds. The largest absolute Gasteiger partial charge is 0.497 e. The number of hydrogen-bond acceptors (Lipinski definition) is 9. The van der Waals surface area contributed by atoms with Gasteiger partial charge in [0.15, 0.2) is 11.8 Å². The summed E-state index contributed by atoms with van der Waals surface area (Å²) >= 11 is 0. The third-order valence-corrected chi connectivity index (χ3v) is 6.90. The second kappa shape index (κ2) is 10.4. The highest BCUT2D eigenvalue weighted by molar-refractivity contribution is 5.97. The number of methoxy groups -OCH3 is 1. The van der Waals surface area contributed by atoms with Gasteiger partial charge in [-0.2, -0.15) is 5.10 Å². The maximum atomic E-state index is 15.4. The van der Waals surface area contributed by atoms with Gasteiger partial charge in [0.1, 0.15) is 47.3 Å². The van der Waals surface area contributed by atoms with Gasteiger partial charge in [0.25, 0.3) is 5.92 Å². The summed E-state index contributed by atoms with van der Waals surface area (Å²) in [6.45, 7) is 1.80. The predicted molar refractivity (Wildman–Crippen MR) is 145 cm³/mol. The van der Waals surface area contributed by atoms with Crippen molar-refractivity contribution in [1.29, 1.82) is 0 Å². The first-order valence-corrected chi connectivity index (χ1v) is 12.8. The third-order valence-electron chi connectivity index (χ3n) is 6.90. The molecule has 10 nitrogen and oxygen atoms in total. The highest BCUT2D eigenvalue weighted by atomic mass is 19.3. The summed E-state index contributed by atoms with van der Waals surface area (Å²) in [7, 11) is 3.10. The van der Waals surface area contributed by atoms with Gasteiger partial charge < -0.3 is 24.4 Å². The number of likely N-dealkylation sites (tertiary alicyclic amines) is 1. The van der Waals surface area contributed by atoms with E-state index in [4.69, 9.17) is 14.2 Å². The number of anilines is 2. The Labute approximate surface area is 232 Å². The number of nitrogens with zero attached hydrogens (tertiary/aromatic N) is 6. The Balaban J connectivity index is 1.33. The summed E-state index contributed by atoms with van der Waals surface area (Å²) in [5, 5.41) is 7.36. The Hall–Kier alpha value is -4.65. The predicted octanol–water partition coefficient (Wildman–Crippen LogP) is 5.38. The smallest absolute Gasteiger partial charge is 0.296 e. The van der Waals surface area contributed by atoms with Crippen molar-refractivity contribution in [2.75, 3.05) is 32.6 Å². The zero-order chi connectivity index (χ0) is 28.7.